The maximum Gasteiger partial charge on any atom is 0.276 e. The number of nitrogens with zero attached hydrogens (tertiary/aromatic N) is 2. The minimum Gasteiger partial charge on any atom is -0.492 e. The molecule has 6 nitrogen and oxygen atoms in total. The molecule has 1 heterocycles. The molecule has 2 rings (SSSR count). The Morgan fingerprint density at radius 2 is 1.96 bits per heavy atom. The van der Waals surface area contributed by atoms with E-state index in [9.17, 15) is 4.79 Å². The summed E-state index contributed by atoms with van der Waals surface area (Å²) in [4.78, 5) is 12.3. The molecule has 0 saturated carbocycles. The van der Waals surface area contributed by atoms with Gasteiger partial charge in [0.2, 0.25) is 0 Å². The highest BCUT2D eigenvalue weighted by atomic mass is 16.5. The third-order valence-electron chi connectivity index (χ3n) is 3.34. The van der Waals surface area contributed by atoms with Gasteiger partial charge in [0.15, 0.2) is 5.69 Å². The molecule has 2 aromatic rings. The van der Waals surface area contributed by atoms with Crippen molar-refractivity contribution in [2.75, 3.05) is 17.2 Å². The van der Waals surface area contributed by atoms with Gasteiger partial charge in [-0.3, -0.25) is 4.79 Å². The fourth-order valence-electron chi connectivity index (χ4n) is 1.92. The number of benzene rings is 1. The molecule has 1 atom stereocenters. The number of hydrogen-bond donors (Lipinski definition) is 2. The average Bonchev–Trinajstić information content (AvgIpc) is 2.57. The lowest BCUT2D eigenvalue weighted by Gasteiger charge is -2.12. The van der Waals surface area contributed by atoms with Crippen molar-refractivity contribution in [2.45, 2.75) is 33.2 Å². The van der Waals surface area contributed by atoms with Crippen LogP contribution in [0.2, 0.25) is 0 Å². The largest absolute Gasteiger partial charge is 0.492 e. The zero-order valence-electron chi connectivity index (χ0n) is 13.7. The van der Waals surface area contributed by atoms with Gasteiger partial charge in [-0.2, -0.15) is 0 Å². The van der Waals surface area contributed by atoms with Crippen LogP contribution < -0.4 is 15.4 Å². The molecule has 2 N–H and O–H groups in total. The van der Waals surface area contributed by atoms with Crippen LogP contribution in [0.1, 0.15) is 37.7 Å². The third kappa shape index (κ3) is 4.67. The van der Waals surface area contributed by atoms with Gasteiger partial charge in [0, 0.05) is 6.04 Å². The topological polar surface area (TPSA) is 76.1 Å². The van der Waals surface area contributed by atoms with Crippen LogP contribution in [-0.4, -0.2) is 28.8 Å². The van der Waals surface area contributed by atoms with Gasteiger partial charge >= 0.3 is 0 Å². The molecule has 23 heavy (non-hydrogen) atoms. The number of aromatic nitrogens is 2. The Kier molecular flexibility index (Phi) is 5.91. The molecule has 1 unspecified atom stereocenters. The average molecular weight is 314 g/mol. The van der Waals surface area contributed by atoms with Crippen LogP contribution in [0.15, 0.2) is 36.4 Å². The van der Waals surface area contributed by atoms with Gasteiger partial charge < -0.3 is 15.4 Å². The van der Waals surface area contributed by atoms with Crippen molar-refractivity contribution < 1.29 is 9.53 Å². The predicted octanol–water partition coefficient (Wildman–Crippen LogP) is 3.34. The number of para-hydroxylation sites is 2. The van der Waals surface area contributed by atoms with Gasteiger partial charge in [0.05, 0.1) is 12.3 Å². The van der Waals surface area contributed by atoms with E-state index in [1.54, 1.807) is 18.2 Å². The first-order chi connectivity index (χ1) is 11.1. The molecule has 0 saturated heterocycles. The first-order valence-electron chi connectivity index (χ1n) is 7.77. The summed E-state index contributed by atoms with van der Waals surface area (Å²) in [5.74, 6) is 0.969. The normalized spacial score (nSPS) is 11.6. The Morgan fingerprint density at radius 1 is 1.17 bits per heavy atom. The number of ether oxygens (including phenoxy) is 1. The summed E-state index contributed by atoms with van der Waals surface area (Å²) in [7, 11) is 0. The van der Waals surface area contributed by atoms with E-state index in [1.165, 1.54) is 0 Å². The Hall–Kier alpha value is -2.63. The predicted molar refractivity (Wildman–Crippen MR) is 91.0 cm³/mol. The maximum atomic E-state index is 12.3. The smallest absolute Gasteiger partial charge is 0.276 e. The van der Waals surface area contributed by atoms with Crippen LogP contribution in [0.25, 0.3) is 0 Å². The molecule has 6 heteroatoms. The molecule has 1 aromatic carbocycles. The number of carbonyl (C=O) groups is 1. The Balaban J connectivity index is 2.06. The highest BCUT2D eigenvalue weighted by molar-refractivity contribution is 6.03. The van der Waals surface area contributed by atoms with Crippen LogP contribution in [0.4, 0.5) is 11.5 Å². The molecule has 0 aliphatic rings. The fourth-order valence-corrected chi connectivity index (χ4v) is 1.92. The molecule has 0 radical (unpaired) electrons. The minimum atomic E-state index is -0.320. The van der Waals surface area contributed by atoms with Crippen molar-refractivity contribution >= 4 is 17.4 Å². The zero-order valence-corrected chi connectivity index (χ0v) is 13.7. The van der Waals surface area contributed by atoms with Crippen molar-refractivity contribution in [2.24, 2.45) is 0 Å². The van der Waals surface area contributed by atoms with Crippen molar-refractivity contribution in [3.8, 4) is 5.75 Å². The quantitative estimate of drug-likeness (QED) is 0.819. The zero-order chi connectivity index (χ0) is 16.7. The summed E-state index contributed by atoms with van der Waals surface area (Å²) < 4.78 is 5.49. The standard InChI is InChI=1S/C17H22N4O2/c1-4-12(3)18-16-11-10-14(20-21-16)17(22)19-13-8-6-7-9-15(13)23-5-2/h6-12H,4-5H2,1-3H3,(H,18,21)(H,19,22). The van der Waals surface area contributed by atoms with Crippen LogP contribution in [0.5, 0.6) is 5.75 Å². The maximum absolute atomic E-state index is 12.3. The fraction of sp³-hybridized carbons (Fsp3) is 0.353. The molecular formula is C17H22N4O2. The number of carbonyl (C=O) groups excluding carboxylic acids is 1. The molecule has 0 fully saturated rings. The highest BCUT2D eigenvalue weighted by Crippen LogP contribution is 2.24. The molecular weight excluding hydrogens is 292 g/mol. The van der Waals surface area contributed by atoms with Gasteiger partial charge in [-0.25, -0.2) is 0 Å². The van der Waals surface area contributed by atoms with Crippen LogP contribution >= 0.6 is 0 Å². The first-order valence-corrected chi connectivity index (χ1v) is 7.77. The second-order valence-corrected chi connectivity index (χ2v) is 5.14. The van der Waals surface area contributed by atoms with Gasteiger partial charge in [0.1, 0.15) is 11.6 Å². The summed E-state index contributed by atoms with van der Waals surface area (Å²) >= 11 is 0. The number of amides is 1. The minimum absolute atomic E-state index is 0.256. The van der Waals surface area contributed by atoms with Gasteiger partial charge in [-0.15, -0.1) is 10.2 Å². The molecule has 1 amide bonds. The molecule has 0 bridgehead atoms. The van der Waals surface area contributed by atoms with E-state index in [0.29, 0.717) is 29.9 Å². The first kappa shape index (κ1) is 16.7. The van der Waals surface area contributed by atoms with Crippen molar-refractivity contribution in [1.29, 1.82) is 0 Å². The van der Waals surface area contributed by atoms with E-state index >= 15 is 0 Å². The molecule has 122 valence electrons. The van der Waals surface area contributed by atoms with Crippen molar-refractivity contribution in [1.82, 2.24) is 10.2 Å². The third-order valence-corrected chi connectivity index (χ3v) is 3.34. The molecule has 0 spiro atoms. The second-order valence-electron chi connectivity index (χ2n) is 5.14. The monoisotopic (exact) mass is 314 g/mol. The lowest BCUT2D eigenvalue weighted by molar-refractivity contribution is 0.102. The molecule has 1 aromatic heterocycles. The van der Waals surface area contributed by atoms with Gasteiger partial charge in [0.25, 0.3) is 5.91 Å². The van der Waals surface area contributed by atoms with Crippen LogP contribution in [0.3, 0.4) is 0 Å². The van der Waals surface area contributed by atoms with Crippen molar-refractivity contribution in [3.63, 3.8) is 0 Å². The van der Waals surface area contributed by atoms with Crippen molar-refractivity contribution in [3.05, 3.63) is 42.1 Å². The highest BCUT2D eigenvalue weighted by Gasteiger charge is 2.12. The van der Waals surface area contributed by atoms with E-state index in [0.717, 1.165) is 6.42 Å². The SMILES string of the molecule is CCOc1ccccc1NC(=O)c1ccc(NC(C)CC)nn1. The van der Waals surface area contributed by atoms with E-state index in [4.69, 9.17) is 4.74 Å². The Labute approximate surface area is 136 Å². The van der Waals surface area contributed by atoms with E-state index in [2.05, 4.69) is 34.7 Å². The Morgan fingerprint density at radius 3 is 2.61 bits per heavy atom. The molecule has 0 aliphatic heterocycles. The summed E-state index contributed by atoms with van der Waals surface area (Å²) in [5.41, 5.74) is 0.869. The van der Waals surface area contributed by atoms with Crippen LogP contribution in [-0.2, 0) is 0 Å². The van der Waals surface area contributed by atoms with Gasteiger partial charge in [-0.1, -0.05) is 19.1 Å². The number of hydrogen-bond acceptors (Lipinski definition) is 5. The van der Waals surface area contributed by atoms with E-state index in [1.807, 2.05) is 25.1 Å². The lowest BCUT2D eigenvalue weighted by Crippen LogP contribution is -2.18. The van der Waals surface area contributed by atoms with E-state index < -0.39 is 0 Å². The number of anilines is 2. The summed E-state index contributed by atoms with van der Waals surface area (Å²) in [6, 6.07) is 11.0. The summed E-state index contributed by atoms with van der Waals surface area (Å²) in [6.45, 7) is 6.57. The Bertz CT molecular complexity index is 643. The number of rotatable bonds is 7. The summed E-state index contributed by atoms with van der Waals surface area (Å²) in [6.07, 6.45) is 0.984. The summed E-state index contributed by atoms with van der Waals surface area (Å²) in [5, 5.41) is 14.0. The lowest BCUT2D eigenvalue weighted by atomic mass is 10.2. The second kappa shape index (κ2) is 8.12. The van der Waals surface area contributed by atoms with Crippen LogP contribution in [0, 0.1) is 0 Å². The van der Waals surface area contributed by atoms with E-state index in [-0.39, 0.29) is 11.6 Å². The number of nitrogens with one attached hydrogen (secondary N) is 2. The van der Waals surface area contributed by atoms with Gasteiger partial charge in [-0.05, 0) is 44.5 Å². The molecule has 0 aliphatic carbocycles.